The van der Waals surface area contributed by atoms with Gasteiger partial charge in [-0.1, -0.05) is 385 Å². The first kappa shape index (κ1) is 98.0. The van der Waals surface area contributed by atoms with E-state index in [1.54, 1.807) is 27.8 Å². The highest BCUT2D eigenvalue weighted by Gasteiger charge is 2.72. The monoisotopic (exact) mass is 1950 g/mol. The zero-order valence-electron chi connectivity index (χ0n) is 88.8. The molecular weight excluding hydrogens is 1810 g/mol. The summed E-state index contributed by atoms with van der Waals surface area (Å²) in [6.07, 6.45) is 9.57. The van der Waals surface area contributed by atoms with Gasteiger partial charge in [0.15, 0.2) is 0 Å². The van der Waals surface area contributed by atoms with Crippen molar-refractivity contribution in [2.75, 3.05) is 26.6 Å². The van der Waals surface area contributed by atoms with Gasteiger partial charge in [0.25, 0.3) is 0 Å². The quantitative estimate of drug-likeness (QED) is 0.0955. The summed E-state index contributed by atoms with van der Waals surface area (Å²) in [6.45, 7) is 31.9. The third-order valence-corrected chi connectivity index (χ3v) is 37.6. The van der Waals surface area contributed by atoms with E-state index in [-0.39, 0.29) is 45.6 Å². The molecule has 2 fully saturated rings. The third-order valence-electron chi connectivity index (χ3n) is 37.6. The molecule has 20 aromatic carbocycles. The average Bonchev–Trinajstić information content (AvgIpc) is 1.47. The summed E-state index contributed by atoms with van der Waals surface area (Å²) in [5.74, 6) is 3.10. The highest BCUT2D eigenvalue weighted by Crippen LogP contribution is 2.77. The van der Waals surface area contributed by atoms with E-state index in [2.05, 4.69) is 577 Å². The van der Waals surface area contributed by atoms with Crippen molar-refractivity contribution >= 4 is 111 Å². The molecule has 744 valence electrons. The van der Waals surface area contributed by atoms with E-state index < -0.39 is 0 Å². The molecule has 1 heterocycles. The van der Waals surface area contributed by atoms with Crippen LogP contribution in [0.25, 0.3) is 87.6 Å². The lowest BCUT2D eigenvalue weighted by Gasteiger charge is -2.56. The molecule has 20 aromatic rings. The number of hydrogen-bond donors (Lipinski definition) is 0. The number of hydrogen-bond acceptors (Lipinski definition) is 5. The number of para-hydroxylation sites is 8. The molecule has 8 aliphatic rings. The number of nitrogens with zero attached hydrogens (tertiary/aromatic N) is 5. The summed E-state index contributed by atoms with van der Waals surface area (Å²) in [4.78, 5) is 12.0. The predicted octanol–water partition coefficient (Wildman–Crippen LogP) is 41.0. The molecule has 0 radical (unpaired) electrons. The zero-order valence-corrected chi connectivity index (χ0v) is 88.8. The van der Waals surface area contributed by atoms with Crippen LogP contribution >= 0.6 is 0 Å². The Morgan fingerprint density at radius 1 is 0.213 bits per heavy atom. The largest absolute Gasteiger partial charge is 0.310 e. The summed E-state index contributed by atoms with van der Waals surface area (Å²) in [5.41, 5.74) is 38.8. The van der Waals surface area contributed by atoms with Crippen molar-refractivity contribution in [3.05, 3.63) is 505 Å². The Labute approximate surface area is 890 Å². The maximum atomic E-state index is 2.56. The lowest BCUT2D eigenvalue weighted by Crippen LogP contribution is -2.54. The van der Waals surface area contributed by atoms with E-state index >= 15 is 0 Å². The Hall–Kier alpha value is -15.4. The lowest BCUT2D eigenvalue weighted by atomic mass is 9.47. The number of anilines is 12. The van der Waals surface area contributed by atoms with Gasteiger partial charge in [0.2, 0.25) is 0 Å². The molecule has 2 unspecified atom stereocenters. The van der Waals surface area contributed by atoms with Crippen LogP contribution in [0, 0.1) is 10.8 Å². The summed E-state index contributed by atoms with van der Waals surface area (Å²) < 4.78 is 0. The molecule has 1 aliphatic heterocycles. The van der Waals surface area contributed by atoms with Crippen molar-refractivity contribution in [1.29, 1.82) is 0 Å². The Kier molecular flexibility index (Phi) is 25.2. The smallest absolute Gasteiger partial charge is 0.0546 e. The summed E-state index contributed by atoms with van der Waals surface area (Å²) in [5, 5.41) is 10.1. The van der Waals surface area contributed by atoms with Crippen molar-refractivity contribution in [3.8, 4) is 44.5 Å². The number of rotatable bonds is 16. The molecule has 0 aromatic heterocycles. The average molecular weight is 1950 g/mol. The Morgan fingerprint density at radius 2 is 0.493 bits per heavy atom. The molecule has 150 heavy (non-hydrogen) atoms. The van der Waals surface area contributed by atoms with Gasteiger partial charge in [-0.15, -0.1) is 0 Å². The normalized spacial score (nSPS) is 18.0. The van der Waals surface area contributed by atoms with Crippen LogP contribution in [0.15, 0.2) is 455 Å². The maximum Gasteiger partial charge on any atom is 0.0546 e. The van der Waals surface area contributed by atoms with Crippen LogP contribution in [0.4, 0.5) is 68.2 Å². The Bertz CT molecular complexity index is 8200. The van der Waals surface area contributed by atoms with Gasteiger partial charge < -0.3 is 19.6 Å². The summed E-state index contributed by atoms with van der Waals surface area (Å²) >= 11 is 0. The number of fused-ring (bicyclic) bond motifs is 12. The van der Waals surface area contributed by atoms with E-state index in [0.717, 1.165) is 46.4 Å². The summed E-state index contributed by atoms with van der Waals surface area (Å²) in [7, 11) is 2.24. The van der Waals surface area contributed by atoms with Crippen LogP contribution < -0.4 is 19.6 Å². The first-order valence-electron chi connectivity index (χ1n) is 54.3. The Balaban J connectivity index is 0.000000110. The molecule has 5 nitrogen and oxygen atoms in total. The molecule has 0 saturated heterocycles. The molecule has 28 rings (SSSR count). The fraction of sp³-hybridized carbons (Fsp3) is 0.228. The summed E-state index contributed by atoms with van der Waals surface area (Å²) in [6, 6.07) is 166. The zero-order chi connectivity index (χ0) is 102. The standard InChI is InChI=1S/C42H45N.C35H34N2.C34H29N.C33H27N.CH4/c1-38(2)34-26-28(27-35-37(34)42(9,40(38,5)6)41(7,8)39(35,3)4)31-24-25-36(33-23-17-16-22-32(31)33)43(29-18-12-10-13-19-29)30-20-14-11-15-21-30;1-34(2)31-22-20-25(24-32(31)35(3,4)36(34)5)28-21-23-33(30-19-13-12-18-29(28)30)37(26-14-8-6-9-15-26)27-16-10-7-11-17-27;1-3-10-29(11-4-1)35(30-12-5-2-6-13-30)34-23-28(21-27-9-7-8-14-32(27)34)26-19-20-31-24-15-17-25(18-16-24)33(31)22-26;1-3-10-28(11-4-1)34(29-12-5-2-6-13-29)33-22-27(20-24-9-7-8-14-31(24)33)23-17-18-30-25-15-16-26(19-25)32(30)21-23;/h10-27H,1-9H3;6-24H,1-5H3;1-14,19-25H,15-18H2;1-14,17-18,20-22,25-26H,15-16,19H2;1H4. The van der Waals surface area contributed by atoms with Crippen molar-refractivity contribution < 1.29 is 0 Å². The van der Waals surface area contributed by atoms with Crippen molar-refractivity contribution in [3.63, 3.8) is 0 Å². The molecule has 2 saturated carbocycles. The molecule has 5 heteroatoms. The fourth-order valence-corrected chi connectivity index (χ4v) is 27.8. The van der Waals surface area contributed by atoms with Crippen LogP contribution in [-0.2, 0) is 27.3 Å². The van der Waals surface area contributed by atoms with Gasteiger partial charge in [0, 0.05) is 83.5 Å². The topological polar surface area (TPSA) is 16.2 Å². The van der Waals surface area contributed by atoms with Crippen LogP contribution in [0.1, 0.15) is 216 Å². The second-order valence-electron chi connectivity index (χ2n) is 46.3. The van der Waals surface area contributed by atoms with Gasteiger partial charge in [-0.2, -0.15) is 0 Å². The maximum absolute atomic E-state index is 2.56. The first-order valence-corrected chi connectivity index (χ1v) is 54.3. The minimum absolute atomic E-state index is 0. The van der Waals surface area contributed by atoms with Gasteiger partial charge in [0.05, 0.1) is 22.7 Å². The molecule has 7 aliphatic carbocycles. The van der Waals surface area contributed by atoms with E-state index in [1.165, 1.54) is 200 Å². The molecule has 4 bridgehead atoms. The van der Waals surface area contributed by atoms with Crippen LogP contribution in [0.3, 0.4) is 0 Å². The second-order valence-corrected chi connectivity index (χ2v) is 46.3. The van der Waals surface area contributed by atoms with E-state index in [0.29, 0.717) is 0 Å². The van der Waals surface area contributed by atoms with Crippen LogP contribution in [-0.4, -0.2) is 11.9 Å². The van der Waals surface area contributed by atoms with E-state index in [4.69, 9.17) is 0 Å². The van der Waals surface area contributed by atoms with Gasteiger partial charge in [-0.25, -0.2) is 0 Å². The molecular formula is C145H139N5. The molecule has 0 spiro atoms. The molecule has 0 amide bonds. The van der Waals surface area contributed by atoms with Crippen LogP contribution in [0.5, 0.6) is 0 Å². The van der Waals surface area contributed by atoms with Crippen molar-refractivity contribution in [1.82, 2.24) is 4.90 Å². The van der Waals surface area contributed by atoms with E-state index in [9.17, 15) is 0 Å². The molecule has 0 N–H and O–H groups in total. The van der Waals surface area contributed by atoms with Gasteiger partial charge in [-0.3, -0.25) is 4.90 Å². The highest BCUT2D eigenvalue weighted by molar-refractivity contribution is 6.09. The highest BCUT2D eigenvalue weighted by atomic mass is 15.3. The third kappa shape index (κ3) is 16.4. The van der Waals surface area contributed by atoms with Crippen LogP contribution in [0.2, 0.25) is 0 Å². The van der Waals surface area contributed by atoms with Gasteiger partial charge >= 0.3 is 0 Å². The van der Waals surface area contributed by atoms with Crippen molar-refractivity contribution in [2.24, 2.45) is 10.8 Å². The minimum atomic E-state index is -0.0258. The first-order chi connectivity index (χ1) is 72.3. The van der Waals surface area contributed by atoms with Crippen molar-refractivity contribution in [2.45, 2.75) is 193 Å². The van der Waals surface area contributed by atoms with E-state index in [1.807, 2.05) is 0 Å². The number of benzene rings is 20. The van der Waals surface area contributed by atoms with Gasteiger partial charge in [0.1, 0.15) is 0 Å². The lowest BCUT2D eigenvalue weighted by molar-refractivity contribution is -0.0105. The van der Waals surface area contributed by atoms with Gasteiger partial charge in [-0.05, 0) is 381 Å². The fourth-order valence-electron chi connectivity index (χ4n) is 27.8. The molecule has 2 atom stereocenters. The SMILES string of the molecule is C.CC1(C)c2cc(-c3ccc(N(c4ccccc4)c4ccccc4)c4ccccc34)cc3c2C(C)(C1(C)C)C(C)(C)C3(C)C.CN1C(C)(C)c2ccc(-c3ccc(N(c4ccccc4)c4ccccc4)c4ccccc34)cc2C1(C)C.c1ccc(N(c2ccccc2)c2cc(-c3ccc4c(c3)C3CCC4C3)cc3ccccc23)cc1.c1ccc(N(c2ccccc2)c2cc(-c3ccc4c(c3)C3CCC4CC3)cc3ccccc23)cc1. The minimum Gasteiger partial charge on any atom is -0.310 e. The predicted molar refractivity (Wildman–Crippen MR) is 641 cm³/mol. The Morgan fingerprint density at radius 3 is 0.867 bits per heavy atom. The second kappa shape index (κ2) is 38.6.